The third-order valence-electron chi connectivity index (χ3n) is 1.71. The van der Waals surface area contributed by atoms with Gasteiger partial charge >= 0.3 is 5.97 Å². The maximum atomic E-state index is 10.4. The van der Waals surface area contributed by atoms with Crippen LogP contribution in [0.25, 0.3) is 0 Å². The van der Waals surface area contributed by atoms with E-state index in [-0.39, 0.29) is 0 Å². The smallest absolute Gasteiger partial charge is 0.309 e. The number of carbonyl (C=O) groups is 1. The second-order valence-electron chi connectivity index (χ2n) is 2.44. The molecule has 10 heavy (non-hydrogen) atoms. The molecule has 1 rings (SSSR count). The lowest BCUT2D eigenvalue weighted by Crippen LogP contribution is -2.28. The lowest BCUT2D eigenvalue weighted by Gasteiger charge is -2.18. The van der Waals surface area contributed by atoms with E-state index < -0.39 is 18.0 Å². The predicted octanol–water partition coefficient (Wildman–Crippen LogP) is 0.398. The fourth-order valence-corrected chi connectivity index (χ4v) is 1.09. The van der Waals surface area contributed by atoms with E-state index in [0.717, 1.165) is 6.42 Å². The Morgan fingerprint density at radius 2 is 2.30 bits per heavy atom. The first-order valence-electron chi connectivity index (χ1n) is 3.29. The molecule has 0 saturated heterocycles. The van der Waals surface area contributed by atoms with Gasteiger partial charge in [0, 0.05) is 0 Å². The molecule has 0 aromatic rings. The van der Waals surface area contributed by atoms with E-state index in [9.17, 15) is 4.79 Å². The summed E-state index contributed by atoms with van der Waals surface area (Å²) in [5, 5.41) is 17.6. The summed E-state index contributed by atoms with van der Waals surface area (Å²) in [4.78, 5) is 10.4. The minimum absolute atomic E-state index is 0.549. The first-order chi connectivity index (χ1) is 4.72. The van der Waals surface area contributed by atoms with Gasteiger partial charge in [-0.05, 0) is 12.8 Å². The lowest BCUT2D eigenvalue weighted by molar-refractivity contribution is -0.145. The van der Waals surface area contributed by atoms with Crippen molar-refractivity contribution in [3.05, 3.63) is 12.2 Å². The van der Waals surface area contributed by atoms with Gasteiger partial charge in [0.15, 0.2) is 0 Å². The van der Waals surface area contributed by atoms with Crippen molar-refractivity contribution in [3.63, 3.8) is 0 Å². The number of hydrogen-bond donors (Lipinski definition) is 2. The number of carboxylic acid groups (broad SMARTS) is 1. The molecule has 0 aliphatic heterocycles. The van der Waals surface area contributed by atoms with Crippen molar-refractivity contribution in [3.8, 4) is 0 Å². The number of hydrogen-bond acceptors (Lipinski definition) is 2. The molecular weight excluding hydrogens is 132 g/mol. The highest BCUT2D eigenvalue weighted by atomic mass is 16.4. The minimum Gasteiger partial charge on any atom is -0.481 e. The average molecular weight is 142 g/mol. The molecule has 0 heterocycles. The van der Waals surface area contributed by atoms with Crippen LogP contribution in [0.2, 0.25) is 0 Å². The van der Waals surface area contributed by atoms with E-state index in [1.54, 1.807) is 6.08 Å². The molecule has 1 aliphatic carbocycles. The number of aliphatic hydroxyl groups is 1. The molecule has 0 saturated carbocycles. The maximum Gasteiger partial charge on any atom is 0.309 e. The second-order valence-corrected chi connectivity index (χ2v) is 2.44. The van der Waals surface area contributed by atoms with Gasteiger partial charge in [-0.15, -0.1) is 0 Å². The lowest BCUT2D eigenvalue weighted by atomic mass is 9.92. The molecule has 0 fully saturated rings. The van der Waals surface area contributed by atoms with Gasteiger partial charge in [-0.3, -0.25) is 4.79 Å². The Bertz CT molecular complexity index is 162. The van der Waals surface area contributed by atoms with Crippen LogP contribution in [0, 0.1) is 5.92 Å². The second kappa shape index (κ2) is 2.84. The minimum atomic E-state index is -0.906. The summed E-state index contributed by atoms with van der Waals surface area (Å²) >= 11 is 0. The molecule has 0 aromatic carbocycles. The van der Waals surface area contributed by atoms with Crippen molar-refractivity contribution < 1.29 is 15.0 Å². The standard InChI is InChI=1S/C7H10O3/c8-6-4-2-1-3-5(6)7(9)10/h2,4-6,8H,1,3H2,(H,9,10)/t5-,6+/m0/s1. The molecule has 1 aliphatic rings. The van der Waals surface area contributed by atoms with E-state index in [2.05, 4.69) is 0 Å². The van der Waals surface area contributed by atoms with E-state index >= 15 is 0 Å². The summed E-state index contributed by atoms with van der Waals surface area (Å²) in [6, 6.07) is 0. The third-order valence-corrected chi connectivity index (χ3v) is 1.71. The molecule has 2 atom stereocenters. The van der Waals surface area contributed by atoms with Crippen LogP contribution >= 0.6 is 0 Å². The van der Waals surface area contributed by atoms with Crippen molar-refractivity contribution in [1.82, 2.24) is 0 Å². The molecule has 3 heteroatoms. The van der Waals surface area contributed by atoms with Gasteiger partial charge in [0.2, 0.25) is 0 Å². The topological polar surface area (TPSA) is 57.5 Å². The van der Waals surface area contributed by atoms with Crippen molar-refractivity contribution in [1.29, 1.82) is 0 Å². The highest BCUT2D eigenvalue weighted by Gasteiger charge is 2.25. The van der Waals surface area contributed by atoms with Crippen LogP contribution in [0.1, 0.15) is 12.8 Å². The Morgan fingerprint density at radius 3 is 2.70 bits per heavy atom. The molecule has 56 valence electrons. The molecule has 0 radical (unpaired) electrons. The molecule has 0 bridgehead atoms. The highest BCUT2D eigenvalue weighted by Crippen LogP contribution is 2.18. The van der Waals surface area contributed by atoms with E-state index in [0.29, 0.717) is 6.42 Å². The number of aliphatic hydroxyl groups excluding tert-OH is 1. The van der Waals surface area contributed by atoms with Gasteiger partial charge in [0.1, 0.15) is 0 Å². The van der Waals surface area contributed by atoms with Gasteiger partial charge in [0.05, 0.1) is 12.0 Å². The Kier molecular flexibility index (Phi) is 2.06. The number of aliphatic carboxylic acids is 1. The monoisotopic (exact) mass is 142 g/mol. The fraction of sp³-hybridized carbons (Fsp3) is 0.571. The molecule has 3 nitrogen and oxygen atoms in total. The van der Waals surface area contributed by atoms with Crippen LogP contribution < -0.4 is 0 Å². The van der Waals surface area contributed by atoms with Gasteiger partial charge in [-0.1, -0.05) is 12.2 Å². The van der Waals surface area contributed by atoms with Crippen LogP contribution in [0.5, 0.6) is 0 Å². The fourth-order valence-electron chi connectivity index (χ4n) is 1.09. The van der Waals surface area contributed by atoms with E-state index in [1.165, 1.54) is 0 Å². The largest absolute Gasteiger partial charge is 0.481 e. The zero-order chi connectivity index (χ0) is 7.56. The van der Waals surface area contributed by atoms with Crippen molar-refractivity contribution in [2.75, 3.05) is 0 Å². The van der Waals surface area contributed by atoms with Crippen LogP contribution in [0.4, 0.5) is 0 Å². The third kappa shape index (κ3) is 1.36. The summed E-state index contributed by atoms with van der Waals surface area (Å²) in [7, 11) is 0. The first kappa shape index (κ1) is 7.28. The van der Waals surface area contributed by atoms with Crippen LogP contribution in [0.3, 0.4) is 0 Å². The van der Waals surface area contributed by atoms with E-state index in [1.807, 2.05) is 6.08 Å². The molecular formula is C7H10O3. The Hall–Kier alpha value is -0.830. The van der Waals surface area contributed by atoms with Gasteiger partial charge in [-0.2, -0.15) is 0 Å². The summed E-state index contributed by atoms with van der Waals surface area (Å²) in [5.41, 5.74) is 0. The Balaban J connectivity index is 2.60. The van der Waals surface area contributed by atoms with Gasteiger partial charge in [-0.25, -0.2) is 0 Å². The van der Waals surface area contributed by atoms with Crippen molar-refractivity contribution in [2.45, 2.75) is 18.9 Å². The van der Waals surface area contributed by atoms with Crippen LogP contribution in [-0.4, -0.2) is 22.3 Å². The van der Waals surface area contributed by atoms with Crippen LogP contribution in [-0.2, 0) is 4.79 Å². The summed E-state index contributed by atoms with van der Waals surface area (Å²) in [5.74, 6) is -1.50. The van der Waals surface area contributed by atoms with E-state index in [4.69, 9.17) is 10.2 Å². The Morgan fingerprint density at radius 1 is 1.60 bits per heavy atom. The zero-order valence-electron chi connectivity index (χ0n) is 5.53. The normalized spacial score (nSPS) is 32.1. The molecule has 0 unspecified atom stereocenters. The zero-order valence-corrected chi connectivity index (χ0v) is 5.53. The van der Waals surface area contributed by atoms with Crippen molar-refractivity contribution in [2.24, 2.45) is 5.92 Å². The van der Waals surface area contributed by atoms with Gasteiger partial charge < -0.3 is 10.2 Å². The molecule has 2 N–H and O–H groups in total. The molecule has 0 amide bonds. The first-order valence-corrected chi connectivity index (χ1v) is 3.29. The summed E-state index contributed by atoms with van der Waals surface area (Å²) < 4.78 is 0. The number of allylic oxidation sites excluding steroid dienone is 1. The molecule has 0 spiro atoms. The SMILES string of the molecule is O=C(O)[C@H]1CCC=C[C@H]1O. The molecule has 0 aromatic heterocycles. The summed E-state index contributed by atoms with van der Waals surface area (Å²) in [6.45, 7) is 0. The maximum absolute atomic E-state index is 10.4. The predicted molar refractivity (Wildman–Crippen MR) is 35.5 cm³/mol. The quantitative estimate of drug-likeness (QED) is 0.521. The summed E-state index contributed by atoms with van der Waals surface area (Å²) in [6.07, 6.45) is 3.87. The average Bonchev–Trinajstić information content (AvgIpc) is 1.88. The number of rotatable bonds is 1. The van der Waals surface area contributed by atoms with Crippen molar-refractivity contribution >= 4 is 5.97 Å². The highest BCUT2D eigenvalue weighted by molar-refractivity contribution is 5.71. The van der Waals surface area contributed by atoms with Gasteiger partial charge in [0.25, 0.3) is 0 Å². The number of carboxylic acids is 1. The Labute approximate surface area is 59.0 Å². The van der Waals surface area contributed by atoms with Crippen LogP contribution in [0.15, 0.2) is 12.2 Å².